The Labute approximate surface area is 144 Å². The third-order valence-electron chi connectivity index (χ3n) is 2.70. The molecule has 0 saturated carbocycles. The summed E-state index contributed by atoms with van der Waals surface area (Å²) in [6, 6.07) is 13.6. The van der Waals surface area contributed by atoms with Crippen molar-refractivity contribution in [3.63, 3.8) is 0 Å². The third-order valence-corrected chi connectivity index (χ3v) is 3.27. The summed E-state index contributed by atoms with van der Waals surface area (Å²) in [4.78, 5) is 11.6. The van der Waals surface area contributed by atoms with Crippen molar-refractivity contribution in [3.8, 4) is 17.6 Å². The fraction of sp³-hybridized carbons (Fsp3) is 0.118. The number of hydrogen-bond acceptors (Lipinski definition) is 2. The Morgan fingerprint density at radius 2 is 1.78 bits per heavy atom. The molecule has 0 heterocycles. The quantitative estimate of drug-likeness (QED) is 0.813. The molecule has 0 spiro atoms. The minimum absolute atomic E-state index is 0.199. The van der Waals surface area contributed by atoms with Gasteiger partial charge in [0, 0.05) is 10.7 Å². The topological polar surface area (TPSA) is 50.4 Å². The number of ether oxygens (including phenoxy) is 1. The highest BCUT2D eigenvalue weighted by atomic mass is 35.5. The molecular weight excluding hydrogens is 335 g/mol. The Bertz CT molecular complexity index is 721. The van der Waals surface area contributed by atoms with Gasteiger partial charge in [-0.05, 0) is 36.4 Å². The number of nitrogens with one attached hydrogen (secondary N) is 2. The lowest BCUT2D eigenvalue weighted by Gasteiger charge is -2.05. The van der Waals surface area contributed by atoms with E-state index in [0.29, 0.717) is 21.5 Å². The minimum Gasteiger partial charge on any atom is -0.479 e. The number of anilines is 1. The van der Waals surface area contributed by atoms with Crippen LogP contribution in [0.5, 0.6) is 5.75 Å². The van der Waals surface area contributed by atoms with Gasteiger partial charge < -0.3 is 15.4 Å². The molecule has 0 radical (unpaired) electrons. The first-order valence-corrected chi connectivity index (χ1v) is 7.54. The number of rotatable bonds is 4. The van der Waals surface area contributed by atoms with E-state index in [2.05, 4.69) is 22.5 Å². The van der Waals surface area contributed by atoms with Crippen LogP contribution in [0, 0.1) is 11.8 Å². The molecular formula is C17H14Cl2N2O2. The van der Waals surface area contributed by atoms with Crippen LogP contribution in [0.25, 0.3) is 0 Å². The number of hydrogen-bond donors (Lipinski definition) is 2. The predicted octanol–water partition coefficient (Wildman–Crippen LogP) is 4.20. The van der Waals surface area contributed by atoms with Crippen molar-refractivity contribution in [3.05, 3.63) is 58.6 Å². The molecule has 2 amide bonds. The lowest BCUT2D eigenvalue weighted by atomic mass is 10.3. The number of para-hydroxylation sites is 1. The summed E-state index contributed by atoms with van der Waals surface area (Å²) < 4.78 is 5.40. The Hall–Kier alpha value is -2.35. The molecule has 0 aliphatic rings. The van der Waals surface area contributed by atoms with Crippen molar-refractivity contribution in [1.82, 2.24) is 5.32 Å². The summed E-state index contributed by atoms with van der Waals surface area (Å²) in [7, 11) is 0. The first-order valence-electron chi connectivity index (χ1n) is 6.78. The summed E-state index contributed by atoms with van der Waals surface area (Å²) in [6.45, 7) is 0.412. The summed E-state index contributed by atoms with van der Waals surface area (Å²) in [6.07, 6.45) is 0. The van der Waals surface area contributed by atoms with E-state index in [4.69, 9.17) is 27.9 Å². The second kappa shape index (κ2) is 8.94. The van der Waals surface area contributed by atoms with E-state index in [1.54, 1.807) is 36.4 Å². The van der Waals surface area contributed by atoms with E-state index in [0.717, 1.165) is 0 Å². The Morgan fingerprint density at radius 1 is 1.04 bits per heavy atom. The maximum atomic E-state index is 11.6. The predicted molar refractivity (Wildman–Crippen MR) is 93.2 cm³/mol. The van der Waals surface area contributed by atoms with E-state index < -0.39 is 0 Å². The summed E-state index contributed by atoms with van der Waals surface area (Å²) in [5, 5.41) is 6.43. The fourth-order valence-corrected chi connectivity index (χ4v) is 1.94. The van der Waals surface area contributed by atoms with Gasteiger partial charge in [0.05, 0.1) is 11.6 Å². The van der Waals surface area contributed by atoms with Crippen LogP contribution < -0.4 is 15.4 Å². The highest BCUT2D eigenvalue weighted by molar-refractivity contribution is 6.32. The van der Waals surface area contributed by atoms with Crippen molar-refractivity contribution >= 4 is 34.9 Å². The van der Waals surface area contributed by atoms with Crippen molar-refractivity contribution < 1.29 is 9.53 Å². The standard InChI is InChI=1S/C17H14Cl2N2O2/c18-13-7-9-14(10-8-13)21-17(22)20-11-3-4-12-23-16-6-2-1-5-15(16)19/h1-2,5-10H,11-12H2,(H2,20,21,22). The second-order valence-corrected chi connectivity index (χ2v) is 5.23. The zero-order chi connectivity index (χ0) is 16.5. The number of amides is 2. The van der Waals surface area contributed by atoms with E-state index >= 15 is 0 Å². The number of carbonyl (C=O) groups is 1. The van der Waals surface area contributed by atoms with Gasteiger partial charge in [-0.15, -0.1) is 0 Å². The van der Waals surface area contributed by atoms with Crippen molar-refractivity contribution in [2.75, 3.05) is 18.5 Å². The monoisotopic (exact) mass is 348 g/mol. The van der Waals surface area contributed by atoms with Crippen molar-refractivity contribution in [2.45, 2.75) is 0 Å². The molecule has 118 valence electrons. The average Bonchev–Trinajstić information content (AvgIpc) is 2.54. The van der Waals surface area contributed by atoms with Crippen LogP contribution >= 0.6 is 23.2 Å². The Morgan fingerprint density at radius 3 is 2.52 bits per heavy atom. The minimum atomic E-state index is -0.339. The molecule has 4 nitrogen and oxygen atoms in total. The Kier molecular flexibility index (Phi) is 6.61. The highest BCUT2D eigenvalue weighted by Gasteiger charge is 1.99. The van der Waals surface area contributed by atoms with E-state index in [9.17, 15) is 4.79 Å². The van der Waals surface area contributed by atoms with Crippen LogP contribution in [-0.4, -0.2) is 19.2 Å². The van der Waals surface area contributed by atoms with E-state index in [1.807, 2.05) is 12.1 Å². The first kappa shape index (κ1) is 17.0. The summed E-state index contributed by atoms with van der Waals surface area (Å²) >= 11 is 11.7. The molecule has 2 aromatic rings. The zero-order valence-corrected chi connectivity index (χ0v) is 13.6. The largest absolute Gasteiger partial charge is 0.479 e. The lowest BCUT2D eigenvalue weighted by molar-refractivity contribution is 0.253. The van der Waals surface area contributed by atoms with Gasteiger partial charge in [-0.25, -0.2) is 4.79 Å². The fourth-order valence-electron chi connectivity index (χ4n) is 1.62. The summed E-state index contributed by atoms with van der Waals surface area (Å²) in [5.41, 5.74) is 0.655. The molecule has 0 saturated heterocycles. The van der Waals surface area contributed by atoms with Crippen LogP contribution in [0.4, 0.5) is 10.5 Å². The molecule has 0 atom stereocenters. The molecule has 0 unspecified atom stereocenters. The zero-order valence-electron chi connectivity index (χ0n) is 12.1. The van der Waals surface area contributed by atoms with Crippen LogP contribution in [0.15, 0.2) is 48.5 Å². The van der Waals surface area contributed by atoms with Gasteiger partial charge in [0.1, 0.15) is 12.4 Å². The lowest BCUT2D eigenvalue weighted by Crippen LogP contribution is -2.28. The SMILES string of the molecule is O=C(NCC#CCOc1ccccc1Cl)Nc1ccc(Cl)cc1. The van der Waals surface area contributed by atoms with Gasteiger partial charge in [-0.1, -0.05) is 47.2 Å². The van der Waals surface area contributed by atoms with Gasteiger partial charge >= 0.3 is 6.03 Å². The smallest absolute Gasteiger partial charge is 0.319 e. The molecule has 2 aromatic carbocycles. The maximum Gasteiger partial charge on any atom is 0.319 e. The third kappa shape index (κ3) is 6.11. The molecule has 0 bridgehead atoms. The maximum absolute atomic E-state index is 11.6. The molecule has 0 fully saturated rings. The van der Waals surface area contributed by atoms with Crippen LogP contribution in [0.3, 0.4) is 0 Å². The molecule has 6 heteroatoms. The molecule has 2 rings (SSSR count). The number of urea groups is 1. The van der Waals surface area contributed by atoms with E-state index in [1.165, 1.54) is 0 Å². The number of carbonyl (C=O) groups excluding carboxylic acids is 1. The van der Waals surface area contributed by atoms with Crippen LogP contribution in [0.1, 0.15) is 0 Å². The highest BCUT2D eigenvalue weighted by Crippen LogP contribution is 2.22. The van der Waals surface area contributed by atoms with Gasteiger partial charge in [0.2, 0.25) is 0 Å². The number of benzene rings is 2. The molecule has 0 aliphatic heterocycles. The second-order valence-electron chi connectivity index (χ2n) is 4.39. The van der Waals surface area contributed by atoms with Crippen molar-refractivity contribution in [1.29, 1.82) is 0 Å². The van der Waals surface area contributed by atoms with Gasteiger partial charge in [0.25, 0.3) is 0 Å². The first-order chi connectivity index (χ1) is 11.1. The van der Waals surface area contributed by atoms with Gasteiger partial charge in [-0.2, -0.15) is 0 Å². The molecule has 2 N–H and O–H groups in total. The van der Waals surface area contributed by atoms with Crippen molar-refractivity contribution in [2.24, 2.45) is 0 Å². The summed E-state index contributed by atoms with van der Waals surface area (Å²) in [5.74, 6) is 6.17. The van der Waals surface area contributed by atoms with Gasteiger partial charge in [0.15, 0.2) is 0 Å². The van der Waals surface area contributed by atoms with Crippen LogP contribution in [0.2, 0.25) is 10.0 Å². The molecule has 23 heavy (non-hydrogen) atoms. The normalized spacial score (nSPS) is 9.48. The Balaban J connectivity index is 1.68. The molecule has 0 aliphatic carbocycles. The van der Waals surface area contributed by atoms with Gasteiger partial charge in [-0.3, -0.25) is 0 Å². The van der Waals surface area contributed by atoms with E-state index in [-0.39, 0.29) is 19.2 Å². The average molecular weight is 349 g/mol. The van der Waals surface area contributed by atoms with Crippen LogP contribution in [-0.2, 0) is 0 Å². The molecule has 0 aromatic heterocycles. The number of halogens is 2.